The van der Waals surface area contributed by atoms with Gasteiger partial charge in [-0.3, -0.25) is 4.79 Å². The molecule has 11 nitrogen and oxygen atoms in total. The van der Waals surface area contributed by atoms with Gasteiger partial charge in [0, 0.05) is 30.5 Å². The first-order chi connectivity index (χ1) is 21.4. The molecule has 4 rings (SSSR count). The molecule has 0 spiro atoms. The number of hydrogen-bond acceptors (Lipinski definition) is 9. The normalized spacial score (nSPS) is 13.7. The predicted octanol–water partition coefficient (Wildman–Crippen LogP) is 5.10. The number of carboxylic acids is 1. The molecule has 0 fully saturated rings. The first-order valence-electron chi connectivity index (χ1n) is 12.8. The van der Waals surface area contributed by atoms with E-state index in [1.54, 1.807) is 42.3 Å². The molecule has 45 heavy (non-hydrogen) atoms. The van der Waals surface area contributed by atoms with E-state index in [2.05, 4.69) is 38.8 Å². The number of allylic oxidation sites excluding steroid dienone is 2. The van der Waals surface area contributed by atoms with Crippen LogP contribution in [0.4, 0.5) is 24.5 Å². The monoisotopic (exact) mass is 659 g/mol. The first-order valence-corrected chi connectivity index (χ1v) is 13.9. The summed E-state index contributed by atoms with van der Waals surface area (Å²) < 4.78 is 47.9. The minimum Gasteiger partial charge on any atom is -0.480 e. The van der Waals surface area contributed by atoms with E-state index in [-0.39, 0.29) is 23.4 Å². The van der Waals surface area contributed by atoms with Crippen LogP contribution in [0, 0.1) is 34.7 Å². The second-order valence-electron chi connectivity index (χ2n) is 9.44. The van der Waals surface area contributed by atoms with Gasteiger partial charge in [0.25, 0.3) is 0 Å². The highest BCUT2D eigenvalue weighted by Gasteiger charge is 2.36. The third kappa shape index (κ3) is 6.97. The molecule has 0 amide bonds. The van der Waals surface area contributed by atoms with Gasteiger partial charge in [0.2, 0.25) is 0 Å². The Balaban J connectivity index is 1.74. The highest BCUT2D eigenvalue weighted by molar-refractivity contribution is 7.99. The van der Waals surface area contributed by atoms with Gasteiger partial charge in [0.1, 0.15) is 36.5 Å². The number of carboxylic acid groups (broad SMARTS) is 1. The maximum absolute atomic E-state index is 13.7. The van der Waals surface area contributed by atoms with E-state index in [4.69, 9.17) is 22.6 Å². The van der Waals surface area contributed by atoms with Crippen molar-refractivity contribution in [1.82, 2.24) is 4.57 Å². The average molecular weight is 660 g/mol. The number of rotatable bonds is 8. The Hall–Kier alpha value is -4.82. The molecular weight excluding hydrogens is 637 g/mol. The molecule has 0 saturated carbocycles. The molecule has 1 aromatic heterocycles. The summed E-state index contributed by atoms with van der Waals surface area (Å²) >= 11 is 6.36. The smallest absolute Gasteiger partial charge is 0.418 e. The van der Waals surface area contributed by atoms with Crippen molar-refractivity contribution in [3.05, 3.63) is 69.8 Å². The number of aliphatic carboxylic acids is 1. The summed E-state index contributed by atoms with van der Waals surface area (Å²) in [5.41, 5.74) is 7.17. The zero-order chi connectivity index (χ0) is 32.9. The summed E-state index contributed by atoms with van der Waals surface area (Å²) in [5, 5.41) is 32.7. The van der Waals surface area contributed by atoms with Crippen LogP contribution in [0.15, 0.2) is 47.8 Å². The molecule has 16 heteroatoms. The van der Waals surface area contributed by atoms with Crippen molar-refractivity contribution in [1.29, 1.82) is 5.26 Å². The molecule has 0 bridgehead atoms. The van der Waals surface area contributed by atoms with E-state index in [1.807, 2.05) is 11.8 Å². The fourth-order valence-electron chi connectivity index (χ4n) is 4.93. The number of alkyl halides is 3. The van der Waals surface area contributed by atoms with E-state index in [0.717, 1.165) is 23.4 Å². The number of nitrogens with zero attached hydrogens (tertiary/aromatic N) is 5. The SMILES string of the molecule is C/C(CC/C=C/c1n(C#CSOOO)c2cc(C(F)(F)F)c(Cl)cc2[n+]1C#CN)=C1\N(C)c2ccc(C#N)cc2N1CC(=O)O. The average Bonchev–Trinajstić information content (AvgIpc) is 3.41. The lowest BCUT2D eigenvalue weighted by atomic mass is 10.1. The molecule has 232 valence electrons. The summed E-state index contributed by atoms with van der Waals surface area (Å²) in [6.45, 7) is 1.53. The number of imidazole rings is 1. The van der Waals surface area contributed by atoms with Crippen LogP contribution in [0.5, 0.6) is 0 Å². The Morgan fingerprint density at radius 3 is 2.67 bits per heavy atom. The topological polar surface area (TPSA) is 141 Å². The fourth-order valence-corrected chi connectivity index (χ4v) is 5.39. The number of carbonyl (C=O) groups is 1. The van der Waals surface area contributed by atoms with Crippen LogP contribution in [0.25, 0.3) is 17.1 Å². The Labute approximate surface area is 264 Å². The number of benzene rings is 2. The van der Waals surface area contributed by atoms with E-state index >= 15 is 0 Å². The first kappa shape index (κ1) is 33.1. The van der Waals surface area contributed by atoms with Crippen LogP contribution in [0.3, 0.4) is 0 Å². The lowest BCUT2D eigenvalue weighted by Crippen LogP contribution is -2.32. The summed E-state index contributed by atoms with van der Waals surface area (Å²) in [5.74, 6) is -0.174. The highest BCUT2D eigenvalue weighted by atomic mass is 35.5. The zero-order valence-electron chi connectivity index (χ0n) is 23.5. The van der Waals surface area contributed by atoms with Crippen molar-refractivity contribution in [3.63, 3.8) is 0 Å². The van der Waals surface area contributed by atoms with Crippen molar-refractivity contribution < 1.29 is 42.3 Å². The van der Waals surface area contributed by atoms with Crippen LogP contribution in [-0.4, -0.2) is 34.5 Å². The molecule has 2 aromatic carbocycles. The second-order valence-corrected chi connectivity index (χ2v) is 10.4. The van der Waals surface area contributed by atoms with E-state index < -0.39 is 22.7 Å². The van der Waals surface area contributed by atoms with Gasteiger partial charge in [-0.15, -0.1) is 13.5 Å². The number of anilines is 2. The quantitative estimate of drug-likeness (QED) is 0.0569. The third-order valence-corrected chi connectivity index (χ3v) is 7.32. The highest BCUT2D eigenvalue weighted by Crippen LogP contribution is 2.43. The molecule has 1 aliphatic heterocycles. The van der Waals surface area contributed by atoms with Crippen molar-refractivity contribution in [3.8, 4) is 29.5 Å². The van der Waals surface area contributed by atoms with Crippen molar-refractivity contribution in [2.75, 3.05) is 23.4 Å². The number of fused-ring (bicyclic) bond motifs is 2. The summed E-state index contributed by atoms with van der Waals surface area (Å²) in [7, 11) is 1.80. The number of hydrogen-bond donors (Lipinski definition) is 3. The lowest BCUT2D eigenvalue weighted by Gasteiger charge is -2.24. The van der Waals surface area contributed by atoms with Crippen LogP contribution in [0.2, 0.25) is 5.02 Å². The van der Waals surface area contributed by atoms with Crippen LogP contribution in [-0.2, 0) is 20.3 Å². The van der Waals surface area contributed by atoms with E-state index in [9.17, 15) is 28.3 Å². The Bertz CT molecular complexity index is 1900. The number of aromatic nitrogens is 2. The van der Waals surface area contributed by atoms with Crippen molar-refractivity contribution in [2.45, 2.75) is 25.9 Å². The molecule has 0 atom stereocenters. The predicted molar refractivity (Wildman–Crippen MR) is 161 cm³/mol. The Morgan fingerprint density at radius 2 is 2.02 bits per heavy atom. The molecule has 0 unspecified atom stereocenters. The van der Waals surface area contributed by atoms with Gasteiger partial charge in [-0.1, -0.05) is 22.7 Å². The maximum atomic E-state index is 13.7. The third-order valence-electron chi connectivity index (χ3n) is 6.71. The van der Waals surface area contributed by atoms with Crippen molar-refractivity contribution >= 4 is 58.1 Å². The van der Waals surface area contributed by atoms with Gasteiger partial charge in [-0.2, -0.15) is 18.4 Å². The van der Waals surface area contributed by atoms with Gasteiger partial charge in [0.05, 0.1) is 39.6 Å². The van der Waals surface area contributed by atoms with Gasteiger partial charge < -0.3 is 20.6 Å². The zero-order valence-corrected chi connectivity index (χ0v) is 25.1. The fraction of sp³-hybridized carbons (Fsp3) is 0.207. The van der Waals surface area contributed by atoms with Gasteiger partial charge in [0.15, 0.2) is 11.0 Å². The molecule has 2 heterocycles. The van der Waals surface area contributed by atoms with Crippen LogP contribution >= 0.6 is 23.6 Å². The summed E-state index contributed by atoms with van der Waals surface area (Å²) in [6.07, 6.45) is -0.538. The van der Waals surface area contributed by atoms with Crippen LogP contribution < -0.4 is 20.1 Å². The van der Waals surface area contributed by atoms with Gasteiger partial charge >= 0.3 is 18.0 Å². The van der Waals surface area contributed by atoms with Crippen molar-refractivity contribution in [2.24, 2.45) is 5.73 Å². The lowest BCUT2D eigenvalue weighted by molar-refractivity contribution is -0.557. The molecule has 1 aliphatic rings. The largest absolute Gasteiger partial charge is 0.480 e. The molecule has 0 saturated heterocycles. The molecule has 0 radical (unpaired) electrons. The maximum Gasteiger partial charge on any atom is 0.418 e. The molecule has 4 N–H and O–H groups in total. The second kappa shape index (κ2) is 13.9. The summed E-state index contributed by atoms with van der Waals surface area (Å²) in [6, 6.07) is 16.6. The number of nitriles is 1. The molecule has 3 aromatic rings. The van der Waals surface area contributed by atoms with E-state index in [0.29, 0.717) is 42.0 Å². The Morgan fingerprint density at radius 1 is 1.27 bits per heavy atom. The van der Waals surface area contributed by atoms with E-state index in [1.165, 1.54) is 9.13 Å². The minimum atomic E-state index is -4.75. The summed E-state index contributed by atoms with van der Waals surface area (Å²) in [4.78, 5) is 15.2. The number of nitrogens with two attached hydrogens (primary N) is 1. The molecule has 0 aliphatic carbocycles. The van der Waals surface area contributed by atoms with Crippen LogP contribution in [0.1, 0.15) is 36.7 Å². The van der Waals surface area contributed by atoms with Gasteiger partial charge in [-0.05, 0) is 43.5 Å². The van der Waals surface area contributed by atoms with Gasteiger partial charge in [-0.25, -0.2) is 5.26 Å². The minimum absolute atomic E-state index is 0.0110. The number of halogens is 4. The Kier molecular flexibility index (Phi) is 10.2. The standard InChI is InChI=1S/C29H22ClF3N6O5S/c1-18(28-36(2)22-8-7-19(16-35)13-23(22)39(28)17-27(40)41)5-3-4-6-26-37(10-9-34)25-15-21(30)20(29(31,32)33)14-24(25)38(26)11-12-45-44-43-42/h4,6-8,13-15H,3,5,17,34H2,1-2H3,(H-,40,41,42)/p+1/b6-4+,28-18-. The molecular formula is C29H23ClF3N6O5S+.